The van der Waals surface area contributed by atoms with Crippen LogP contribution in [0.4, 0.5) is 10.8 Å². The summed E-state index contributed by atoms with van der Waals surface area (Å²) in [6.45, 7) is 2.55. The van der Waals surface area contributed by atoms with E-state index in [1.165, 1.54) is 17.0 Å². The number of aromatic nitrogens is 1. The predicted octanol–water partition coefficient (Wildman–Crippen LogP) is 2.61. The van der Waals surface area contributed by atoms with Gasteiger partial charge in [0, 0.05) is 43.2 Å². The van der Waals surface area contributed by atoms with E-state index in [-0.39, 0.29) is 24.3 Å². The zero-order valence-corrected chi connectivity index (χ0v) is 17.4. The molecule has 7 nitrogen and oxygen atoms in total. The molecular weight excluding hydrogens is 388 g/mol. The number of anilines is 2. The summed E-state index contributed by atoms with van der Waals surface area (Å²) in [5.41, 5.74) is 1.92. The Morgan fingerprint density at radius 2 is 2.00 bits per heavy atom. The molecule has 3 heterocycles. The lowest BCUT2D eigenvalue weighted by molar-refractivity contribution is -0.121. The van der Waals surface area contributed by atoms with Crippen LogP contribution in [-0.4, -0.2) is 49.6 Å². The van der Waals surface area contributed by atoms with Gasteiger partial charge in [-0.25, -0.2) is 4.98 Å². The van der Waals surface area contributed by atoms with E-state index in [1.807, 2.05) is 17.5 Å². The quantitative estimate of drug-likeness (QED) is 0.787. The molecule has 0 radical (unpaired) electrons. The first-order valence-corrected chi connectivity index (χ1v) is 10.9. The van der Waals surface area contributed by atoms with Crippen LogP contribution in [0.3, 0.4) is 0 Å². The number of hydrogen-bond acceptors (Lipinski definition) is 6. The molecule has 154 valence electrons. The van der Waals surface area contributed by atoms with Crippen LogP contribution in [0.5, 0.6) is 5.75 Å². The number of ether oxygens (including phenoxy) is 1. The van der Waals surface area contributed by atoms with Crippen molar-refractivity contribution in [3.8, 4) is 5.75 Å². The van der Waals surface area contributed by atoms with Crippen LogP contribution in [0.25, 0.3) is 0 Å². The lowest BCUT2D eigenvalue weighted by atomic mass is 10.0. The monoisotopic (exact) mass is 414 g/mol. The van der Waals surface area contributed by atoms with Crippen molar-refractivity contribution in [2.75, 3.05) is 36.5 Å². The maximum absolute atomic E-state index is 12.4. The third-order valence-electron chi connectivity index (χ3n) is 5.48. The Labute approximate surface area is 174 Å². The topological polar surface area (TPSA) is 74.8 Å². The maximum Gasteiger partial charge on any atom is 0.228 e. The minimum Gasteiger partial charge on any atom is -0.497 e. The highest BCUT2D eigenvalue weighted by Gasteiger charge is 2.25. The highest BCUT2D eigenvalue weighted by atomic mass is 32.1. The zero-order valence-electron chi connectivity index (χ0n) is 16.6. The number of methoxy groups -OCH3 is 1. The second-order valence-corrected chi connectivity index (χ2v) is 8.31. The molecule has 2 aliphatic rings. The van der Waals surface area contributed by atoms with Gasteiger partial charge < -0.3 is 15.0 Å². The summed E-state index contributed by atoms with van der Waals surface area (Å²) >= 11 is 1.44. The number of thiazole rings is 1. The van der Waals surface area contributed by atoms with Crippen LogP contribution in [-0.2, 0) is 16.0 Å². The molecule has 0 bridgehead atoms. The Morgan fingerprint density at radius 1 is 1.24 bits per heavy atom. The van der Waals surface area contributed by atoms with Crippen LogP contribution in [0.1, 0.15) is 31.4 Å². The van der Waals surface area contributed by atoms with Gasteiger partial charge in [0.1, 0.15) is 5.75 Å². The molecule has 0 saturated carbocycles. The largest absolute Gasteiger partial charge is 0.497 e. The molecule has 0 atom stereocenters. The summed E-state index contributed by atoms with van der Waals surface area (Å²) in [7, 11) is 1.67. The number of rotatable bonds is 6. The molecular formula is C21H26N4O3S. The van der Waals surface area contributed by atoms with Gasteiger partial charge in [-0.1, -0.05) is 0 Å². The molecule has 1 aromatic carbocycles. The van der Waals surface area contributed by atoms with E-state index in [2.05, 4.69) is 27.3 Å². The Morgan fingerprint density at radius 3 is 2.66 bits per heavy atom. The standard InChI is InChI=1S/C21H26N4O3S/c1-28-18-6-4-17(5-7-18)24-11-8-15(9-12-24)22-19(26)13-16-14-29-21(23-16)25-10-2-3-20(25)27/h4-7,14-15H,2-3,8-13H2,1H3,(H,22,26). The van der Waals surface area contributed by atoms with Crippen molar-refractivity contribution in [1.82, 2.24) is 10.3 Å². The number of nitrogens with zero attached hydrogens (tertiary/aromatic N) is 3. The van der Waals surface area contributed by atoms with Crippen molar-refractivity contribution in [3.63, 3.8) is 0 Å². The van der Waals surface area contributed by atoms with Gasteiger partial charge in [-0.05, 0) is 43.5 Å². The van der Waals surface area contributed by atoms with E-state index in [0.29, 0.717) is 11.6 Å². The second-order valence-electron chi connectivity index (χ2n) is 7.47. The molecule has 1 aromatic heterocycles. The highest BCUT2D eigenvalue weighted by molar-refractivity contribution is 7.14. The van der Waals surface area contributed by atoms with Crippen molar-refractivity contribution in [1.29, 1.82) is 0 Å². The predicted molar refractivity (Wildman–Crippen MR) is 114 cm³/mol. The normalized spacial score (nSPS) is 17.6. The molecule has 2 aromatic rings. The van der Waals surface area contributed by atoms with Crippen LogP contribution in [0, 0.1) is 0 Å². The van der Waals surface area contributed by atoms with Gasteiger partial charge in [-0.2, -0.15) is 0 Å². The molecule has 2 fully saturated rings. The van der Waals surface area contributed by atoms with Crippen LogP contribution < -0.4 is 19.9 Å². The van der Waals surface area contributed by atoms with E-state index in [0.717, 1.165) is 50.3 Å². The fraction of sp³-hybridized carbons (Fsp3) is 0.476. The van der Waals surface area contributed by atoms with Crippen molar-refractivity contribution < 1.29 is 14.3 Å². The van der Waals surface area contributed by atoms with E-state index < -0.39 is 0 Å². The Bertz CT molecular complexity index is 859. The second kappa shape index (κ2) is 8.82. The smallest absolute Gasteiger partial charge is 0.228 e. The van der Waals surface area contributed by atoms with E-state index in [9.17, 15) is 9.59 Å². The minimum absolute atomic E-state index is 0.00232. The molecule has 4 rings (SSSR count). The summed E-state index contributed by atoms with van der Waals surface area (Å²) in [4.78, 5) is 32.8. The van der Waals surface area contributed by atoms with Crippen LogP contribution >= 0.6 is 11.3 Å². The minimum atomic E-state index is -0.00232. The summed E-state index contributed by atoms with van der Waals surface area (Å²) < 4.78 is 5.21. The van der Waals surface area contributed by atoms with Gasteiger partial charge in [-0.3, -0.25) is 14.5 Å². The highest BCUT2D eigenvalue weighted by Crippen LogP contribution is 2.26. The van der Waals surface area contributed by atoms with Gasteiger partial charge in [-0.15, -0.1) is 11.3 Å². The number of benzene rings is 1. The molecule has 2 amide bonds. The molecule has 0 spiro atoms. The van der Waals surface area contributed by atoms with Crippen molar-refractivity contribution >= 4 is 34.0 Å². The van der Waals surface area contributed by atoms with Gasteiger partial charge >= 0.3 is 0 Å². The average Bonchev–Trinajstić information content (AvgIpc) is 3.37. The van der Waals surface area contributed by atoms with E-state index in [1.54, 1.807) is 12.0 Å². The van der Waals surface area contributed by atoms with E-state index in [4.69, 9.17) is 4.74 Å². The molecule has 2 saturated heterocycles. The summed E-state index contributed by atoms with van der Waals surface area (Å²) in [6, 6.07) is 8.28. The number of hydrogen-bond donors (Lipinski definition) is 1. The van der Waals surface area contributed by atoms with Gasteiger partial charge in [0.2, 0.25) is 11.8 Å². The third kappa shape index (κ3) is 4.70. The first-order valence-electron chi connectivity index (χ1n) is 10.1. The fourth-order valence-electron chi connectivity index (χ4n) is 3.87. The number of amides is 2. The molecule has 29 heavy (non-hydrogen) atoms. The maximum atomic E-state index is 12.4. The van der Waals surface area contributed by atoms with Crippen molar-refractivity contribution in [2.45, 2.75) is 38.1 Å². The first kappa shape index (κ1) is 19.7. The summed E-state index contributed by atoms with van der Waals surface area (Å²) in [5, 5.41) is 5.74. The van der Waals surface area contributed by atoms with Crippen LogP contribution in [0.15, 0.2) is 29.6 Å². The lowest BCUT2D eigenvalue weighted by Crippen LogP contribution is -2.45. The Balaban J connectivity index is 1.24. The molecule has 8 heteroatoms. The number of nitrogens with one attached hydrogen (secondary N) is 1. The molecule has 0 aliphatic carbocycles. The molecule has 2 aliphatic heterocycles. The summed E-state index contributed by atoms with van der Waals surface area (Å²) in [5.74, 6) is 0.978. The number of piperidine rings is 1. The SMILES string of the molecule is COc1ccc(N2CCC(NC(=O)Cc3csc(N4CCCC4=O)n3)CC2)cc1. The molecule has 1 N–H and O–H groups in total. The van der Waals surface area contributed by atoms with E-state index >= 15 is 0 Å². The lowest BCUT2D eigenvalue weighted by Gasteiger charge is -2.34. The number of carbonyl (C=O) groups is 2. The van der Waals surface area contributed by atoms with Gasteiger partial charge in [0.15, 0.2) is 5.13 Å². The number of carbonyl (C=O) groups excluding carboxylic acids is 2. The van der Waals surface area contributed by atoms with Crippen LogP contribution in [0.2, 0.25) is 0 Å². The van der Waals surface area contributed by atoms with Gasteiger partial charge in [0.25, 0.3) is 0 Å². The van der Waals surface area contributed by atoms with Gasteiger partial charge in [0.05, 0.1) is 19.2 Å². The zero-order chi connectivity index (χ0) is 20.2. The Hall–Kier alpha value is -2.61. The molecule has 0 unspecified atom stereocenters. The fourth-order valence-corrected chi connectivity index (χ4v) is 4.74. The Kier molecular flexibility index (Phi) is 5.99. The van der Waals surface area contributed by atoms with Crippen molar-refractivity contribution in [2.24, 2.45) is 0 Å². The first-order chi connectivity index (χ1) is 14.1. The summed E-state index contributed by atoms with van der Waals surface area (Å²) in [6.07, 6.45) is 3.57. The third-order valence-corrected chi connectivity index (χ3v) is 6.40. The van der Waals surface area contributed by atoms with Crippen molar-refractivity contribution in [3.05, 3.63) is 35.3 Å². The average molecular weight is 415 g/mol.